The van der Waals surface area contributed by atoms with Crippen molar-refractivity contribution in [3.63, 3.8) is 0 Å². The molecule has 2 aromatic rings. The first-order valence-corrected chi connectivity index (χ1v) is 8.46. The Labute approximate surface area is 140 Å². The molecule has 0 spiro atoms. The van der Waals surface area contributed by atoms with Crippen LogP contribution in [0.1, 0.15) is 30.7 Å². The summed E-state index contributed by atoms with van der Waals surface area (Å²) in [6.07, 6.45) is 5.88. The molecule has 0 radical (unpaired) electrons. The number of carbonyl (C=O) groups is 1. The van der Waals surface area contributed by atoms with Gasteiger partial charge in [-0.15, -0.1) is 0 Å². The topological polar surface area (TPSA) is 59.0 Å². The summed E-state index contributed by atoms with van der Waals surface area (Å²) in [5, 5.41) is 10.8. The minimum absolute atomic E-state index is 0.0246. The van der Waals surface area contributed by atoms with Crippen LogP contribution in [0.15, 0.2) is 42.7 Å². The molecule has 2 atom stereocenters. The number of halogens is 1. The average Bonchev–Trinajstić information content (AvgIpc) is 3.14. The van der Waals surface area contributed by atoms with Crippen LogP contribution in [0, 0.1) is 5.82 Å². The van der Waals surface area contributed by atoms with E-state index in [1.807, 2.05) is 18.3 Å². The maximum absolute atomic E-state index is 13.4. The van der Waals surface area contributed by atoms with Crippen molar-refractivity contribution in [2.75, 3.05) is 13.1 Å². The van der Waals surface area contributed by atoms with E-state index in [4.69, 9.17) is 0 Å². The highest BCUT2D eigenvalue weighted by molar-refractivity contribution is 5.85. The van der Waals surface area contributed by atoms with Gasteiger partial charge in [-0.05, 0) is 56.1 Å². The Morgan fingerprint density at radius 2 is 2.17 bits per heavy atom. The van der Waals surface area contributed by atoms with E-state index in [2.05, 4.69) is 15.7 Å². The fourth-order valence-corrected chi connectivity index (χ4v) is 3.69. The Morgan fingerprint density at radius 3 is 2.88 bits per heavy atom. The zero-order valence-electron chi connectivity index (χ0n) is 13.4. The van der Waals surface area contributed by atoms with Gasteiger partial charge in [0, 0.05) is 24.4 Å². The standard InChI is InChI=1S/C18H21FN4O/c19-14-4-1-3-13(11-14)15-12-16(15)22-17(24)18(5-8-20-9-6-18)23-10-2-7-21-23/h1-4,7,10-11,15-16,20H,5-6,8-9,12H2,(H,22,24). The Morgan fingerprint density at radius 1 is 1.33 bits per heavy atom. The van der Waals surface area contributed by atoms with Gasteiger partial charge in [-0.25, -0.2) is 4.39 Å². The Hall–Kier alpha value is -2.21. The third-order valence-corrected chi connectivity index (χ3v) is 5.18. The molecule has 2 unspecified atom stereocenters. The van der Waals surface area contributed by atoms with E-state index >= 15 is 0 Å². The lowest BCUT2D eigenvalue weighted by Gasteiger charge is -2.36. The predicted molar refractivity (Wildman–Crippen MR) is 88.0 cm³/mol. The number of aromatic nitrogens is 2. The van der Waals surface area contributed by atoms with Crippen LogP contribution in [0.3, 0.4) is 0 Å². The number of hydrogen-bond acceptors (Lipinski definition) is 3. The average molecular weight is 328 g/mol. The molecule has 1 amide bonds. The summed E-state index contributed by atoms with van der Waals surface area (Å²) in [4.78, 5) is 13.0. The number of piperidine rings is 1. The monoisotopic (exact) mass is 328 g/mol. The fraction of sp³-hybridized carbons (Fsp3) is 0.444. The molecule has 4 rings (SSSR count). The Bertz CT molecular complexity index is 724. The molecule has 126 valence electrons. The van der Waals surface area contributed by atoms with Crippen LogP contribution in [-0.2, 0) is 10.3 Å². The van der Waals surface area contributed by atoms with E-state index in [0.29, 0.717) is 0 Å². The third kappa shape index (κ3) is 2.71. The molecular weight excluding hydrogens is 307 g/mol. The number of nitrogens with one attached hydrogen (secondary N) is 2. The van der Waals surface area contributed by atoms with Gasteiger partial charge in [0.1, 0.15) is 11.4 Å². The molecule has 5 nitrogen and oxygen atoms in total. The second-order valence-electron chi connectivity index (χ2n) is 6.71. The van der Waals surface area contributed by atoms with Crippen molar-refractivity contribution >= 4 is 5.91 Å². The number of benzene rings is 1. The van der Waals surface area contributed by atoms with E-state index in [-0.39, 0.29) is 23.7 Å². The van der Waals surface area contributed by atoms with Gasteiger partial charge in [-0.3, -0.25) is 9.48 Å². The lowest BCUT2D eigenvalue weighted by Crippen LogP contribution is -2.55. The maximum Gasteiger partial charge on any atom is 0.248 e. The van der Waals surface area contributed by atoms with Gasteiger partial charge in [-0.2, -0.15) is 5.10 Å². The molecule has 2 aliphatic rings. The molecule has 2 heterocycles. The van der Waals surface area contributed by atoms with E-state index in [1.54, 1.807) is 23.0 Å². The van der Waals surface area contributed by atoms with Crippen LogP contribution in [0.5, 0.6) is 0 Å². The van der Waals surface area contributed by atoms with Gasteiger partial charge in [0.25, 0.3) is 0 Å². The Kier molecular flexibility index (Phi) is 3.84. The van der Waals surface area contributed by atoms with Crippen LogP contribution in [-0.4, -0.2) is 34.8 Å². The second-order valence-corrected chi connectivity index (χ2v) is 6.71. The zero-order valence-corrected chi connectivity index (χ0v) is 13.4. The van der Waals surface area contributed by atoms with Crippen molar-refractivity contribution in [1.82, 2.24) is 20.4 Å². The highest BCUT2D eigenvalue weighted by atomic mass is 19.1. The first kappa shape index (κ1) is 15.3. The predicted octanol–water partition coefficient (Wildman–Crippen LogP) is 1.77. The summed E-state index contributed by atoms with van der Waals surface area (Å²) in [5.74, 6) is 0.00785. The first-order valence-electron chi connectivity index (χ1n) is 8.46. The normalized spacial score (nSPS) is 25.2. The summed E-state index contributed by atoms with van der Waals surface area (Å²) in [5.41, 5.74) is 0.336. The summed E-state index contributed by atoms with van der Waals surface area (Å²) < 4.78 is 15.2. The summed E-state index contributed by atoms with van der Waals surface area (Å²) in [6, 6.07) is 8.59. The molecule has 24 heavy (non-hydrogen) atoms. The van der Waals surface area contributed by atoms with E-state index in [0.717, 1.165) is 37.9 Å². The number of amides is 1. The summed E-state index contributed by atoms with van der Waals surface area (Å²) in [7, 11) is 0. The fourth-order valence-electron chi connectivity index (χ4n) is 3.69. The minimum Gasteiger partial charge on any atom is -0.351 e. The Balaban J connectivity index is 1.49. The zero-order chi connectivity index (χ0) is 16.6. The van der Waals surface area contributed by atoms with Crippen LogP contribution in [0.2, 0.25) is 0 Å². The third-order valence-electron chi connectivity index (χ3n) is 5.18. The quantitative estimate of drug-likeness (QED) is 0.899. The maximum atomic E-state index is 13.4. The van der Waals surface area contributed by atoms with Gasteiger partial charge in [-0.1, -0.05) is 12.1 Å². The lowest BCUT2D eigenvalue weighted by molar-refractivity contribution is -0.132. The highest BCUT2D eigenvalue weighted by Crippen LogP contribution is 2.41. The minimum atomic E-state index is -0.621. The van der Waals surface area contributed by atoms with Crippen molar-refractivity contribution in [3.8, 4) is 0 Å². The molecule has 1 aliphatic heterocycles. The van der Waals surface area contributed by atoms with Crippen LogP contribution < -0.4 is 10.6 Å². The molecule has 2 N–H and O–H groups in total. The van der Waals surface area contributed by atoms with Crippen molar-refractivity contribution in [1.29, 1.82) is 0 Å². The summed E-state index contributed by atoms with van der Waals surface area (Å²) >= 11 is 0. The molecule has 1 aromatic heterocycles. The van der Waals surface area contributed by atoms with Crippen molar-refractivity contribution in [2.45, 2.75) is 36.8 Å². The molecule has 2 fully saturated rings. The van der Waals surface area contributed by atoms with Crippen LogP contribution in [0.4, 0.5) is 4.39 Å². The number of rotatable bonds is 4. The van der Waals surface area contributed by atoms with Gasteiger partial charge in [0.15, 0.2) is 0 Å². The van der Waals surface area contributed by atoms with Gasteiger partial charge < -0.3 is 10.6 Å². The van der Waals surface area contributed by atoms with E-state index in [1.165, 1.54) is 6.07 Å². The number of nitrogens with zero attached hydrogens (tertiary/aromatic N) is 2. The molecule has 1 aromatic carbocycles. The van der Waals surface area contributed by atoms with Crippen LogP contribution in [0.25, 0.3) is 0 Å². The van der Waals surface area contributed by atoms with Crippen molar-refractivity contribution < 1.29 is 9.18 Å². The van der Waals surface area contributed by atoms with Crippen molar-refractivity contribution in [2.24, 2.45) is 0 Å². The van der Waals surface area contributed by atoms with E-state index < -0.39 is 5.54 Å². The van der Waals surface area contributed by atoms with Gasteiger partial charge >= 0.3 is 0 Å². The molecule has 1 aliphatic carbocycles. The largest absolute Gasteiger partial charge is 0.351 e. The molecule has 0 bridgehead atoms. The smallest absolute Gasteiger partial charge is 0.248 e. The SMILES string of the molecule is O=C(NC1CC1c1cccc(F)c1)C1(n2cccn2)CCNCC1. The first-order chi connectivity index (χ1) is 11.7. The van der Waals surface area contributed by atoms with Gasteiger partial charge in [0.2, 0.25) is 5.91 Å². The highest BCUT2D eigenvalue weighted by Gasteiger charge is 2.47. The van der Waals surface area contributed by atoms with Crippen molar-refractivity contribution in [3.05, 3.63) is 54.1 Å². The number of hydrogen-bond donors (Lipinski definition) is 2. The molecule has 1 saturated carbocycles. The lowest BCUT2D eigenvalue weighted by atomic mass is 9.87. The molecular formula is C18H21FN4O. The summed E-state index contributed by atoms with van der Waals surface area (Å²) in [6.45, 7) is 1.59. The molecule has 6 heteroatoms. The van der Waals surface area contributed by atoms with Crippen LogP contribution >= 0.6 is 0 Å². The molecule has 1 saturated heterocycles. The number of carbonyl (C=O) groups excluding carboxylic acids is 1. The van der Waals surface area contributed by atoms with E-state index in [9.17, 15) is 9.18 Å². The van der Waals surface area contributed by atoms with Gasteiger partial charge in [0.05, 0.1) is 0 Å². The second kappa shape index (κ2) is 6.02.